The number of ether oxygens (including phenoxy) is 2. The third kappa shape index (κ3) is 2.93. The van der Waals surface area contributed by atoms with Gasteiger partial charge in [0.1, 0.15) is 11.6 Å². The molecule has 0 aliphatic heterocycles. The van der Waals surface area contributed by atoms with E-state index >= 15 is 0 Å². The normalized spacial score (nSPS) is 10.4. The molecule has 106 valence electrons. The zero-order chi connectivity index (χ0) is 14.7. The van der Waals surface area contributed by atoms with Gasteiger partial charge in [0.25, 0.3) is 0 Å². The van der Waals surface area contributed by atoms with Crippen LogP contribution in [0.5, 0.6) is 5.88 Å². The van der Waals surface area contributed by atoms with Crippen LogP contribution in [0.25, 0.3) is 11.3 Å². The summed E-state index contributed by atoms with van der Waals surface area (Å²) < 4.78 is 37.7. The highest BCUT2D eigenvalue weighted by Crippen LogP contribution is 2.26. The fourth-order valence-corrected chi connectivity index (χ4v) is 1.65. The van der Waals surface area contributed by atoms with Gasteiger partial charge < -0.3 is 9.47 Å². The van der Waals surface area contributed by atoms with Crippen LogP contribution < -0.4 is 4.74 Å². The number of hydrogen-bond donors (Lipinski definition) is 0. The van der Waals surface area contributed by atoms with Crippen molar-refractivity contribution in [3.05, 3.63) is 35.9 Å². The monoisotopic (exact) mass is 282 g/mol. The number of aromatic nitrogens is 2. The summed E-state index contributed by atoms with van der Waals surface area (Å²) in [6, 6.07) is 4.55. The largest absolute Gasteiger partial charge is 0.466 e. The topological polar surface area (TPSA) is 53.4 Å². The molecule has 0 aliphatic rings. The van der Waals surface area contributed by atoms with Crippen LogP contribution >= 0.6 is 0 Å². The molecule has 0 fully saturated rings. The third-order valence-corrected chi connectivity index (χ3v) is 2.63. The predicted molar refractivity (Wildman–Crippen MR) is 66.1 cm³/mol. The van der Waals surface area contributed by atoms with E-state index in [4.69, 9.17) is 4.74 Å². The number of rotatable bonds is 4. The Balaban J connectivity index is 2.27. The molecule has 0 saturated carbocycles. The number of nitrogens with zero attached hydrogens (tertiary/aromatic N) is 2. The zero-order valence-corrected chi connectivity index (χ0v) is 10.9. The number of methoxy groups -OCH3 is 1. The molecule has 1 aromatic carbocycles. The van der Waals surface area contributed by atoms with Gasteiger partial charge in [0, 0.05) is 18.7 Å². The lowest BCUT2D eigenvalue weighted by Gasteiger charge is -2.02. The van der Waals surface area contributed by atoms with Crippen molar-refractivity contribution >= 4 is 5.97 Å². The number of aryl methyl sites for hydroxylation is 1. The lowest BCUT2D eigenvalue weighted by molar-refractivity contribution is -0.143. The second-order valence-electron chi connectivity index (χ2n) is 3.98. The van der Waals surface area contributed by atoms with Gasteiger partial charge >= 0.3 is 5.97 Å². The Kier molecular flexibility index (Phi) is 3.97. The second kappa shape index (κ2) is 5.68. The molecule has 2 rings (SSSR count). The summed E-state index contributed by atoms with van der Waals surface area (Å²) in [6.45, 7) is -0.307. The molecule has 0 spiro atoms. The van der Waals surface area contributed by atoms with E-state index in [0.29, 0.717) is 5.69 Å². The van der Waals surface area contributed by atoms with Crippen LogP contribution in [0, 0.1) is 11.6 Å². The number of halogens is 2. The highest BCUT2D eigenvalue weighted by atomic mass is 19.1. The molecule has 2 aromatic rings. The van der Waals surface area contributed by atoms with E-state index in [0.717, 1.165) is 18.2 Å². The highest BCUT2D eigenvalue weighted by molar-refractivity contribution is 5.71. The van der Waals surface area contributed by atoms with Crippen LogP contribution in [0.3, 0.4) is 0 Å². The van der Waals surface area contributed by atoms with Gasteiger partial charge in [0.15, 0.2) is 6.61 Å². The SMILES string of the molecule is COC(=O)COc1cc(-c2cc(F)ccc2F)n(C)n1. The van der Waals surface area contributed by atoms with Gasteiger partial charge in [-0.1, -0.05) is 0 Å². The summed E-state index contributed by atoms with van der Waals surface area (Å²) in [5, 5.41) is 3.96. The molecule has 1 heterocycles. The van der Waals surface area contributed by atoms with Gasteiger partial charge in [0.2, 0.25) is 5.88 Å². The summed E-state index contributed by atoms with van der Waals surface area (Å²) in [5.74, 6) is -1.57. The number of carbonyl (C=O) groups excluding carboxylic acids is 1. The van der Waals surface area contributed by atoms with Crippen LogP contribution in [0.15, 0.2) is 24.3 Å². The fraction of sp³-hybridized carbons (Fsp3) is 0.231. The van der Waals surface area contributed by atoms with Crippen molar-refractivity contribution in [3.63, 3.8) is 0 Å². The molecular formula is C13H12F2N2O3. The Morgan fingerprint density at radius 1 is 1.35 bits per heavy atom. The van der Waals surface area contributed by atoms with E-state index < -0.39 is 17.6 Å². The molecule has 5 nitrogen and oxygen atoms in total. The Labute approximate surface area is 113 Å². The van der Waals surface area contributed by atoms with Crippen LogP contribution in [0.1, 0.15) is 0 Å². The minimum Gasteiger partial charge on any atom is -0.466 e. The number of hydrogen-bond acceptors (Lipinski definition) is 4. The molecule has 0 radical (unpaired) electrons. The number of benzene rings is 1. The second-order valence-corrected chi connectivity index (χ2v) is 3.98. The summed E-state index contributed by atoms with van der Waals surface area (Å²) in [6.07, 6.45) is 0. The van der Waals surface area contributed by atoms with E-state index in [1.54, 1.807) is 7.05 Å². The molecule has 0 saturated heterocycles. The first-order chi connectivity index (χ1) is 9.51. The fourth-order valence-electron chi connectivity index (χ4n) is 1.65. The van der Waals surface area contributed by atoms with Crippen molar-refractivity contribution < 1.29 is 23.0 Å². The van der Waals surface area contributed by atoms with Crippen LogP contribution in [-0.2, 0) is 16.6 Å². The average Bonchev–Trinajstić information content (AvgIpc) is 2.80. The van der Waals surface area contributed by atoms with Gasteiger partial charge in [-0.2, -0.15) is 0 Å². The van der Waals surface area contributed by atoms with Crippen molar-refractivity contribution in [3.8, 4) is 17.1 Å². The van der Waals surface area contributed by atoms with Crippen molar-refractivity contribution in [2.24, 2.45) is 7.05 Å². The Bertz CT molecular complexity index is 641. The molecule has 0 bridgehead atoms. The smallest absolute Gasteiger partial charge is 0.343 e. The van der Waals surface area contributed by atoms with Gasteiger partial charge in [-0.15, -0.1) is 5.10 Å². The highest BCUT2D eigenvalue weighted by Gasteiger charge is 2.14. The Morgan fingerprint density at radius 2 is 2.10 bits per heavy atom. The third-order valence-electron chi connectivity index (χ3n) is 2.63. The van der Waals surface area contributed by atoms with Crippen molar-refractivity contribution in [2.45, 2.75) is 0 Å². The molecule has 0 unspecified atom stereocenters. The number of esters is 1. The zero-order valence-electron chi connectivity index (χ0n) is 10.9. The van der Waals surface area contributed by atoms with Crippen molar-refractivity contribution in [1.82, 2.24) is 9.78 Å². The average molecular weight is 282 g/mol. The first-order valence-electron chi connectivity index (χ1n) is 5.70. The molecule has 0 atom stereocenters. The first-order valence-corrected chi connectivity index (χ1v) is 5.70. The molecule has 20 heavy (non-hydrogen) atoms. The molecule has 0 amide bonds. The lowest BCUT2D eigenvalue weighted by Crippen LogP contribution is -2.12. The summed E-state index contributed by atoms with van der Waals surface area (Å²) in [7, 11) is 2.79. The number of carbonyl (C=O) groups is 1. The standard InChI is InChI=1S/C13H12F2N2O3/c1-17-11(9-5-8(14)3-4-10(9)15)6-12(16-17)20-7-13(18)19-2/h3-6H,7H2,1-2H3. The first kappa shape index (κ1) is 14.0. The molecule has 1 aromatic heterocycles. The summed E-state index contributed by atoms with van der Waals surface area (Å²) in [5.41, 5.74) is 0.398. The predicted octanol–water partition coefficient (Wildman–Crippen LogP) is 1.92. The maximum Gasteiger partial charge on any atom is 0.343 e. The van der Waals surface area contributed by atoms with E-state index in [1.165, 1.54) is 17.9 Å². The van der Waals surface area contributed by atoms with E-state index in [2.05, 4.69) is 9.84 Å². The Morgan fingerprint density at radius 3 is 2.80 bits per heavy atom. The Hall–Kier alpha value is -2.44. The molecule has 0 N–H and O–H groups in total. The van der Waals surface area contributed by atoms with Crippen molar-refractivity contribution in [1.29, 1.82) is 0 Å². The van der Waals surface area contributed by atoms with Gasteiger partial charge in [-0.05, 0) is 18.2 Å². The van der Waals surface area contributed by atoms with Gasteiger partial charge in [0.05, 0.1) is 12.8 Å². The van der Waals surface area contributed by atoms with Crippen LogP contribution in [0.4, 0.5) is 8.78 Å². The minimum atomic E-state index is -0.575. The van der Waals surface area contributed by atoms with E-state index in [-0.39, 0.29) is 18.1 Å². The summed E-state index contributed by atoms with van der Waals surface area (Å²) >= 11 is 0. The quantitative estimate of drug-likeness (QED) is 0.804. The maximum atomic E-state index is 13.7. The minimum absolute atomic E-state index is 0.0629. The molecule has 0 aliphatic carbocycles. The lowest BCUT2D eigenvalue weighted by atomic mass is 10.1. The maximum absolute atomic E-state index is 13.7. The van der Waals surface area contributed by atoms with E-state index in [9.17, 15) is 13.6 Å². The molecular weight excluding hydrogens is 270 g/mol. The van der Waals surface area contributed by atoms with Crippen LogP contribution in [0.2, 0.25) is 0 Å². The van der Waals surface area contributed by atoms with Gasteiger partial charge in [-0.3, -0.25) is 4.68 Å². The summed E-state index contributed by atoms with van der Waals surface area (Å²) in [4.78, 5) is 11.0. The van der Waals surface area contributed by atoms with Gasteiger partial charge in [-0.25, -0.2) is 13.6 Å². The molecule has 7 heteroatoms. The van der Waals surface area contributed by atoms with Crippen molar-refractivity contribution in [2.75, 3.05) is 13.7 Å². The van der Waals surface area contributed by atoms with Crippen LogP contribution in [-0.4, -0.2) is 29.5 Å². The van der Waals surface area contributed by atoms with E-state index in [1.807, 2.05) is 0 Å².